The average molecular weight is 474 g/mol. The molecule has 7 heteroatoms. The highest BCUT2D eigenvalue weighted by Gasteiger charge is 2.46. The van der Waals surface area contributed by atoms with Gasteiger partial charge in [-0.3, -0.25) is 9.59 Å². The molecule has 1 heterocycles. The van der Waals surface area contributed by atoms with Crippen molar-refractivity contribution in [3.05, 3.63) is 95.6 Å². The van der Waals surface area contributed by atoms with Crippen LogP contribution in [0.3, 0.4) is 0 Å². The molecule has 1 unspecified atom stereocenters. The first kappa shape index (κ1) is 24.0. The van der Waals surface area contributed by atoms with E-state index in [1.54, 1.807) is 48.5 Å². The van der Waals surface area contributed by atoms with Crippen molar-refractivity contribution in [2.45, 2.75) is 13.0 Å². The zero-order chi connectivity index (χ0) is 24.8. The maximum atomic E-state index is 13.1. The lowest BCUT2D eigenvalue weighted by Gasteiger charge is -2.25. The number of nitrogens with zero attached hydrogens (tertiary/aromatic N) is 1. The molecule has 1 fully saturated rings. The molecule has 0 bridgehead atoms. The van der Waals surface area contributed by atoms with E-state index in [4.69, 9.17) is 14.2 Å². The molecule has 0 saturated carbocycles. The zero-order valence-corrected chi connectivity index (χ0v) is 19.6. The lowest BCUT2D eigenvalue weighted by atomic mass is 9.95. The maximum absolute atomic E-state index is 13.1. The summed E-state index contributed by atoms with van der Waals surface area (Å²) < 4.78 is 16.6. The van der Waals surface area contributed by atoms with Gasteiger partial charge in [0.25, 0.3) is 11.7 Å². The lowest BCUT2D eigenvalue weighted by molar-refractivity contribution is -0.140. The molecule has 4 rings (SSSR count). The van der Waals surface area contributed by atoms with E-state index in [9.17, 15) is 14.7 Å². The lowest BCUT2D eigenvalue weighted by Crippen LogP contribution is -2.32. The second-order valence-electron chi connectivity index (χ2n) is 7.93. The van der Waals surface area contributed by atoms with Crippen LogP contribution in [0.15, 0.2) is 84.4 Å². The molecule has 0 aliphatic carbocycles. The van der Waals surface area contributed by atoms with Gasteiger partial charge < -0.3 is 24.2 Å². The maximum Gasteiger partial charge on any atom is 0.295 e. The highest BCUT2D eigenvalue weighted by atomic mass is 16.5. The summed E-state index contributed by atoms with van der Waals surface area (Å²) in [5.74, 6) is 0.179. The van der Waals surface area contributed by atoms with Crippen molar-refractivity contribution in [3.8, 4) is 17.2 Å². The monoisotopic (exact) mass is 473 g/mol. The van der Waals surface area contributed by atoms with Crippen molar-refractivity contribution < 1.29 is 28.9 Å². The Hall–Kier alpha value is -4.10. The van der Waals surface area contributed by atoms with E-state index in [1.807, 2.05) is 37.3 Å². The van der Waals surface area contributed by atoms with Crippen LogP contribution in [-0.4, -0.2) is 48.6 Å². The molecule has 0 spiro atoms. The fourth-order valence-electron chi connectivity index (χ4n) is 4.05. The number of para-hydroxylation sites is 1. The number of hydrogen-bond donors (Lipinski definition) is 1. The SMILES string of the molecule is CCOc1ccc(/C(O)=C2\C(=O)C(=O)N(CCOC)C2c2cccc(Oc3ccccc3)c2)cc1. The summed E-state index contributed by atoms with van der Waals surface area (Å²) in [7, 11) is 1.53. The number of amides is 1. The number of rotatable bonds is 9. The van der Waals surface area contributed by atoms with Gasteiger partial charge in [-0.15, -0.1) is 0 Å². The summed E-state index contributed by atoms with van der Waals surface area (Å²) in [6.45, 7) is 2.82. The van der Waals surface area contributed by atoms with E-state index in [-0.39, 0.29) is 24.5 Å². The van der Waals surface area contributed by atoms with Crippen molar-refractivity contribution in [3.63, 3.8) is 0 Å². The minimum atomic E-state index is -0.795. The summed E-state index contributed by atoms with van der Waals surface area (Å²) in [4.78, 5) is 27.5. The first-order chi connectivity index (χ1) is 17.0. The van der Waals surface area contributed by atoms with Crippen LogP contribution in [0.25, 0.3) is 5.76 Å². The van der Waals surface area contributed by atoms with Gasteiger partial charge >= 0.3 is 0 Å². The van der Waals surface area contributed by atoms with E-state index in [1.165, 1.54) is 12.0 Å². The van der Waals surface area contributed by atoms with Gasteiger partial charge in [-0.2, -0.15) is 0 Å². The highest BCUT2D eigenvalue weighted by Crippen LogP contribution is 2.40. The summed E-state index contributed by atoms with van der Waals surface area (Å²) in [5.41, 5.74) is 1.08. The van der Waals surface area contributed by atoms with Gasteiger partial charge in [0.1, 0.15) is 23.0 Å². The minimum absolute atomic E-state index is 0.0205. The largest absolute Gasteiger partial charge is 0.507 e. The normalized spacial score (nSPS) is 17.0. The van der Waals surface area contributed by atoms with Crippen molar-refractivity contribution in [2.75, 3.05) is 26.9 Å². The predicted octanol–water partition coefficient (Wildman–Crippen LogP) is 4.95. The first-order valence-corrected chi connectivity index (χ1v) is 11.4. The minimum Gasteiger partial charge on any atom is -0.507 e. The zero-order valence-electron chi connectivity index (χ0n) is 19.6. The van der Waals surface area contributed by atoms with Crippen LogP contribution in [0.4, 0.5) is 0 Å². The van der Waals surface area contributed by atoms with Crippen molar-refractivity contribution in [2.24, 2.45) is 0 Å². The van der Waals surface area contributed by atoms with Gasteiger partial charge in [-0.1, -0.05) is 30.3 Å². The van der Waals surface area contributed by atoms with E-state index < -0.39 is 17.7 Å². The first-order valence-electron chi connectivity index (χ1n) is 11.4. The van der Waals surface area contributed by atoms with Crippen molar-refractivity contribution in [1.82, 2.24) is 4.90 Å². The van der Waals surface area contributed by atoms with Gasteiger partial charge in [0.15, 0.2) is 0 Å². The number of Topliss-reactive ketones (excluding diaryl/α,β-unsaturated/α-hetero) is 1. The second-order valence-corrected chi connectivity index (χ2v) is 7.93. The molecular weight excluding hydrogens is 446 g/mol. The highest BCUT2D eigenvalue weighted by molar-refractivity contribution is 6.46. The fourth-order valence-corrected chi connectivity index (χ4v) is 4.05. The molecule has 35 heavy (non-hydrogen) atoms. The van der Waals surface area contributed by atoms with E-state index in [0.29, 0.717) is 35.0 Å². The Kier molecular flexibility index (Phi) is 7.48. The molecule has 1 atom stereocenters. The Bertz CT molecular complexity index is 1220. The number of carbonyl (C=O) groups excluding carboxylic acids is 2. The van der Waals surface area contributed by atoms with Crippen molar-refractivity contribution in [1.29, 1.82) is 0 Å². The fraction of sp³-hybridized carbons (Fsp3) is 0.214. The van der Waals surface area contributed by atoms with Crippen LogP contribution < -0.4 is 9.47 Å². The van der Waals surface area contributed by atoms with Gasteiger partial charge in [-0.25, -0.2) is 0 Å². The molecule has 1 saturated heterocycles. The predicted molar refractivity (Wildman–Crippen MR) is 131 cm³/mol. The molecule has 1 aliphatic rings. The molecule has 1 aliphatic heterocycles. The van der Waals surface area contributed by atoms with Crippen LogP contribution in [0, 0.1) is 0 Å². The summed E-state index contributed by atoms with van der Waals surface area (Å²) in [6, 6.07) is 22.4. The number of benzene rings is 3. The molecule has 3 aromatic rings. The number of aliphatic hydroxyl groups is 1. The summed E-state index contributed by atoms with van der Waals surface area (Å²) >= 11 is 0. The third kappa shape index (κ3) is 5.20. The summed E-state index contributed by atoms with van der Waals surface area (Å²) in [6.07, 6.45) is 0. The van der Waals surface area contributed by atoms with Gasteiger partial charge in [0.05, 0.1) is 24.8 Å². The van der Waals surface area contributed by atoms with Crippen LogP contribution in [0.5, 0.6) is 17.2 Å². The number of ether oxygens (including phenoxy) is 3. The Morgan fingerprint density at radius 3 is 2.31 bits per heavy atom. The average Bonchev–Trinajstić information content (AvgIpc) is 3.13. The number of hydrogen-bond acceptors (Lipinski definition) is 6. The third-order valence-electron chi connectivity index (χ3n) is 5.67. The number of ketones is 1. The Labute approximate surface area is 204 Å². The number of aliphatic hydroxyl groups excluding tert-OH is 1. The molecular formula is C28H27NO6. The Morgan fingerprint density at radius 2 is 1.63 bits per heavy atom. The van der Waals surface area contributed by atoms with Gasteiger partial charge in [0, 0.05) is 19.2 Å². The van der Waals surface area contributed by atoms with E-state index in [2.05, 4.69) is 0 Å². The van der Waals surface area contributed by atoms with Crippen LogP contribution >= 0.6 is 0 Å². The Balaban J connectivity index is 1.77. The van der Waals surface area contributed by atoms with Gasteiger partial charge in [0.2, 0.25) is 0 Å². The van der Waals surface area contributed by atoms with Crippen LogP contribution in [0.1, 0.15) is 24.1 Å². The van der Waals surface area contributed by atoms with E-state index in [0.717, 1.165) is 0 Å². The number of methoxy groups -OCH3 is 1. The number of carbonyl (C=O) groups is 2. The molecule has 7 nitrogen and oxygen atoms in total. The number of likely N-dealkylation sites (tertiary alicyclic amines) is 1. The van der Waals surface area contributed by atoms with Gasteiger partial charge in [-0.05, 0) is 61.0 Å². The molecule has 0 radical (unpaired) electrons. The quantitative estimate of drug-likeness (QED) is 0.269. The molecule has 3 aromatic carbocycles. The van der Waals surface area contributed by atoms with Crippen molar-refractivity contribution >= 4 is 17.4 Å². The van der Waals surface area contributed by atoms with E-state index >= 15 is 0 Å². The molecule has 1 amide bonds. The summed E-state index contributed by atoms with van der Waals surface area (Å²) in [5, 5.41) is 11.2. The molecule has 0 aromatic heterocycles. The smallest absolute Gasteiger partial charge is 0.295 e. The topological polar surface area (TPSA) is 85.3 Å². The van der Waals surface area contributed by atoms with Crippen LogP contribution in [0.2, 0.25) is 0 Å². The third-order valence-corrected chi connectivity index (χ3v) is 5.67. The standard InChI is InChI=1S/C28H27NO6/c1-3-34-21-14-12-19(13-15-21)26(30)24-25(29(16-17-33-2)28(32)27(24)31)20-8-7-11-23(18-20)35-22-9-5-4-6-10-22/h4-15,18,25,30H,3,16-17H2,1-2H3/b26-24+. The molecule has 180 valence electrons. The van der Waals surface area contributed by atoms with Crippen LogP contribution in [-0.2, 0) is 14.3 Å². The Morgan fingerprint density at radius 1 is 0.914 bits per heavy atom. The second kappa shape index (κ2) is 10.9. The molecule has 1 N–H and O–H groups in total.